The number of carbonyl (C=O) groups is 1. The van der Waals surface area contributed by atoms with Crippen molar-refractivity contribution in [1.29, 1.82) is 0 Å². The van der Waals surface area contributed by atoms with E-state index in [1.165, 1.54) is 0 Å². The van der Waals surface area contributed by atoms with E-state index in [9.17, 15) is 4.79 Å². The zero-order valence-corrected chi connectivity index (χ0v) is 15.6. The fourth-order valence-electron chi connectivity index (χ4n) is 2.68. The van der Waals surface area contributed by atoms with Crippen molar-refractivity contribution in [3.05, 3.63) is 21.4 Å². The van der Waals surface area contributed by atoms with Gasteiger partial charge in [-0.25, -0.2) is 4.98 Å². The number of pyridine rings is 1. The van der Waals surface area contributed by atoms with Crippen molar-refractivity contribution in [3.63, 3.8) is 0 Å². The summed E-state index contributed by atoms with van der Waals surface area (Å²) in [4.78, 5) is 18.3. The van der Waals surface area contributed by atoms with E-state index < -0.39 is 0 Å². The van der Waals surface area contributed by atoms with Gasteiger partial charge in [-0.05, 0) is 41.1 Å². The summed E-state index contributed by atoms with van der Waals surface area (Å²) in [6.07, 6.45) is 4.07. The predicted octanol–water partition coefficient (Wildman–Crippen LogP) is 4.23. The van der Waals surface area contributed by atoms with Gasteiger partial charge in [-0.1, -0.05) is 25.4 Å². The van der Waals surface area contributed by atoms with Gasteiger partial charge in [0.2, 0.25) is 0 Å². The van der Waals surface area contributed by atoms with Crippen LogP contribution >= 0.6 is 27.5 Å². The van der Waals surface area contributed by atoms with Crippen LogP contribution in [0.25, 0.3) is 0 Å². The van der Waals surface area contributed by atoms with Gasteiger partial charge in [-0.15, -0.1) is 0 Å². The minimum absolute atomic E-state index is 0.147. The van der Waals surface area contributed by atoms with Crippen LogP contribution < -0.4 is 4.90 Å². The van der Waals surface area contributed by atoms with E-state index in [4.69, 9.17) is 16.3 Å². The monoisotopic (exact) mass is 388 g/mol. The summed E-state index contributed by atoms with van der Waals surface area (Å²) in [5.41, 5.74) is 2.08. The standard InChI is InChI=1S/C16H22BrClN2O2/c1-4-22-13(21)9-11-14(12(17)10-19-15(11)18)20-7-5-16(2,3)6-8-20/h10H,4-9H2,1-3H3. The lowest BCUT2D eigenvalue weighted by Crippen LogP contribution is -2.38. The number of nitrogens with zero attached hydrogens (tertiary/aromatic N) is 2. The predicted molar refractivity (Wildman–Crippen MR) is 92.5 cm³/mol. The summed E-state index contributed by atoms with van der Waals surface area (Å²) < 4.78 is 5.93. The summed E-state index contributed by atoms with van der Waals surface area (Å²) in [5, 5.41) is 0.371. The van der Waals surface area contributed by atoms with E-state index in [0.717, 1.165) is 41.7 Å². The fraction of sp³-hybridized carbons (Fsp3) is 0.625. The molecule has 1 fully saturated rings. The minimum atomic E-state index is -0.275. The van der Waals surface area contributed by atoms with Crippen LogP contribution in [0.5, 0.6) is 0 Å². The number of piperidine rings is 1. The second kappa shape index (κ2) is 7.18. The Morgan fingerprint density at radius 2 is 2.09 bits per heavy atom. The highest BCUT2D eigenvalue weighted by Crippen LogP contribution is 2.38. The lowest BCUT2D eigenvalue weighted by Gasteiger charge is -2.39. The van der Waals surface area contributed by atoms with Crippen LogP contribution in [0, 0.1) is 5.41 Å². The maximum absolute atomic E-state index is 11.9. The Morgan fingerprint density at radius 1 is 1.45 bits per heavy atom. The molecular weight excluding hydrogens is 368 g/mol. The number of aromatic nitrogens is 1. The number of anilines is 1. The fourth-order valence-corrected chi connectivity index (χ4v) is 3.48. The van der Waals surface area contributed by atoms with Gasteiger partial charge in [0.15, 0.2) is 0 Å². The first kappa shape index (κ1) is 17.5. The van der Waals surface area contributed by atoms with Crippen molar-refractivity contribution >= 4 is 39.2 Å². The zero-order valence-electron chi connectivity index (χ0n) is 13.3. The topological polar surface area (TPSA) is 42.4 Å². The number of ether oxygens (including phenoxy) is 1. The molecule has 0 bridgehead atoms. The van der Waals surface area contributed by atoms with Crippen molar-refractivity contribution in [2.45, 2.75) is 40.0 Å². The molecule has 1 aromatic rings. The third-order valence-electron chi connectivity index (χ3n) is 4.11. The van der Waals surface area contributed by atoms with Gasteiger partial charge in [-0.2, -0.15) is 0 Å². The molecular formula is C16H22BrClN2O2. The molecule has 122 valence electrons. The first-order valence-electron chi connectivity index (χ1n) is 7.57. The smallest absolute Gasteiger partial charge is 0.310 e. The largest absolute Gasteiger partial charge is 0.466 e. The van der Waals surface area contributed by atoms with E-state index in [-0.39, 0.29) is 12.4 Å². The number of hydrogen-bond donors (Lipinski definition) is 0. The van der Waals surface area contributed by atoms with Crippen LogP contribution in [-0.2, 0) is 16.0 Å². The average molecular weight is 390 g/mol. The van der Waals surface area contributed by atoms with E-state index >= 15 is 0 Å². The van der Waals surface area contributed by atoms with Crippen molar-refractivity contribution in [2.75, 3.05) is 24.6 Å². The molecule has 0 saturated carbocycles. The van der Waals surface area contributed by atoms with Gasteiger partial charge >= 0.3 is 5.97 Å². The summed E-state index contributed by atoms with van der Waals surface area (Å²) in [7, 11) is 0. The Morgan fingerprint density at radius 3 is 2.68 bits per heavy atom. The summed E-state index contributed by atoms with van der Waals surface area (Å²) in [5.74, 6) is -0.275. The molecule has 0 radical (unpaired) electrons. The molecule has 1 aliphatic rings. The van der Waals surface area contributed by atoms with Gasteiger partial charge in [-0.3, -0.25) is 4.79 Å². The highest BCUT2D eigenvalue weighted by molar-refractivity contribution is 9.10. The SMILES string of the molecule is CCOC(=O)Cc1c(Cl)ncc(Br)c1N1CCC(C)(C)CC1. The van der Waals surface area contributed by atoms with E-state index in [1.54, 1.807) is 13.1 Å². The first-order valence-corrected chi connectivity index (χ1v) is 8.74. The summed E-state index contributed by atoms with van der Waals surface area (Å²) in [6, 6.07) is 0. The Labute approximate surface area is 145 Å². The molecule has 2 heterocycles. The third-order valence-corrected chi connectivity index (χ3v) is 5.02. The number of carbonyl (C=O) groups excluding carboxylic acids is 1. The van der Waals surface area contributed by atoms with Crippen molar-refractivity contribution in [3.8, 4) is 0 Å². The Balaban J connectivity index is 2.30. The molecule has 4 nitrogen and oxygen atoms in total. The minimum Gasteiger partial charge on any atom is -0.466 e. The van der Waals surface area contributed by atoms with Crippen molar-refractivity contribution in [2.24, 2.45) is 5.41 Å². The molecule has 0 N–H and O–H groups in total. The van der Waals surface area contributed by atoms with Gasteiger partial charge in [0, 0.05) is 24.8 Å². The third kappa shape index (κ3) is 4.13. The summed E-state index contributed by atoms with van der Waals surface area (Å²) >= 11 is 9.81. The van der Waals surface area contributed by atoms with Crippen LogP contribution in [-0.4, -0.2) is 30.6 Å². The Bertz CT molecular complexity index is 553. The van der Waals surface area contributed by atoms with Crippen LogP contribution in [0.3, 0.4) is 0 Å². The molecule has 6 heteroatoms. The normalized spacial score (nSPS) is 17.4. The number of halogens is 2. The molecule has 1 aliphatic heterocycles. The second-order valence-corrected chi connectivity index (χ2v) is 7.57. The van der Waals surface area contributed by atoms with Crippen LogP contribution in [0.1, 0.15) is 39.2 Å². The van der Waals surface area contributed by atoms with Gasteiger partial charge in [0.25, 0.3) is 0 Å². The molecule has 0 amide bonds. The quantitative estimate of drug-likeness (QED) is 0.571. The van der Waals surface area contributed by atoms with Crippen LogP contribution in [0.4, 0.5) is 5.69 Å². The molecule has 0 aliphatic carbocycles. The molecule has 0 unspecified atom stereocenters. The number of hydrogen-bond acceptors (Lipinski definition) is 4. The molecule has 0 aromatic carbocycles. The van der Waals surface area contributed by atoms with E-state index in [2.05, 4.69) is 39.7 Å². The lowest BCUT2D eigenvalue weighted by atomic mass is 9.82. The molecule has 22 heavy (non-hydrogen) atoms. The molecule has 2 rings (SSSR count). The van der Waals surface area contributed by atoms with Gasteiger partial charge < -0.3 is 9.64 Å². The zero-order chi connectivity index (χ0) is 16.3. The molecule has 0 atom stereocenters. The number of rotatable bonds is 4. The number of esters is 1. The molecule has 1 aromatic heterocycles. The van der Waals surface area contributed by atoms with Crippen LogP contribution in [0.15, 0.2) is 10.7 Å². The van der Waals surface area contributed by atoms with Crippen molar-refractivity contribution in [1.82, 2.24) is 4.98 Å². The molecule has 0 spiro atoms. The Hall–Kier alpha value is -0.810. The van der Waals surface area contributed by atoms with Gasteiger partial charge in [0.1, 0.15) is 5.15 Å². The maximum atomic E-state index is 11.9. The van der Waals surface area contributed by atoms with Crippen molar-refractivity contribution < 1.29 is 9.53 Å². The lowest BCUT2D eigenvalue weighted by molar-refractivity contribution is -0.142. The van der Waals surface area contributed by atoms with Crippen LogP contribution in [0.2, 0.25) is 5.15 Å². The summed E-state index contributed by atoms with van der Waals surface area (Å²) in [6.45, 7) is 8.64. The molecule has 1 saturated heterocycles. The first-order chi connectivity index (χ1) is 10.3. The highest BCUT2D eigenvalue weighted by Gasteiger charge is 2.29. The average Bonchev–Trinajstić information content (AvgIpc) is 2.44. The Kier molecular flexibility index (Phi) is 5.72. The highest BCUT2D eigenvalue weighted by atomic mass is 79.9. The van der Waals surface area contributed by atoms with E-state index in [1.807, 2.05) is 0 Å². The second-order valence-electron chi connectivity index (χ2n) is 6.36. The van der Waals surface area contributed by atoms with Gasteiger partial charge in [0.05, 0.1) is 23.2 Å². The maximum Gasteiger partial charge on any atom is 0.310 e. The van der Waals surface area contributed by atoms with E-state index in [0.29, 0.717) is 17.2 Å².